The predicted molar refractivity (Wildman–Crippen MR) is 65.0 cm³/mol. The van der Waals surface area contributed by atoms with E-state index in [1.165, 1.54) is 12.2 Å². The minimum absolute atomic E-state index is 0.348. The van der Waals surface area contributed by atoms with Gasteiger partial charge in [-0.3, -0.25) is 0 Å². The molecule has 0 aliphatic heterocycles. The summed E-state index contributed by atoms with van der Waals surface area (Å²) < 4.78 is 0. The first-order valence-electron chi connectivity index (χ1n) is 4.88. The van der Waals surface area contributed by atoms with Crippen LogP contribution in [0.2, 0.25) is 0 Å². The standard InChI is InChI=1S/C10H22ClNS/c1-10(2,5-6-11)9-12-7-4-8-13-3/h12H,4-9H2,1-3H3. The van der Waals surface area contributed by atoms with Crippen molar-refractivity contribution in [3.8, 4) is 0 Å². The lowest BCUT2D eigenvalue weighted by atomic mass is 9.90. The van der Waals surface area contributed by atoms with E-state index in [2.05, 4.69) is 25.4 Å². The molecule has 0 aromatic rings. The van der Waals surface area contributed by atoms with Crippen LogP contribution in [0.5, 0.6) is 0 Å². The Balaban J connectivity index is 3.29. The van der Waals surface area contributed by atoms with Gasteiger partial charge in [0.2, 0.25) is 0 Å². The van der Waals surface area contributed by atoms with Crippen LogP contribution in [0.15, 0.2) is 0 Å². The number of rotatable bonds is 8. The van der Waals surface area contributed by atoms with Gasteiger partial charge >= 0.3 is 0 Å². The van der Waals surface area contributed by atoms with Crippen molar-refractivity contribution in [3.63, 3.8) is 0 Å². The Morgan fingerprint density at radius 1 is 1.38 bits per heavy atom. The van der Waals surface area contributed by atoms with Crippen LogP contribution in [0.1, 0.15) is 26.7 Å². The van der Waals surface area contributed by atoms with Gasteiger partial charge in [0.25, 0.3) is 0 Å². The van der Waals surface area contributed by atoms with Crippen molar-refractivity contribution in [3.05, 3.63) is 0 Å². The van der Waals surface area contributed by atoms with E-state index in [-0.39, 0.29) is 0 Å². The molecule has 0 unspecified atom stereocenters. The average Bonchev–Trinajstić information content (AvgIpc) is 2.04. The van der Waals surface area contributed by atoms with Gasteiger partial charge in [0.1, 0.15) is 0 Å². The summed E-state index contributed by atoms with van der Waals surface area (Å²) in [4.78, 5) is 0. The zero-order valence-corrected chi connectivity index (χ0v) is 10.6. The lowest BCUT2D eigenvalue weighted by Crippen LogP contribution is -2.30. The van der Waals surface area contributed by atoms with Crippen LogP contribution in [0.4, 0.5) is 0 Å². The van der Waals surface area contributed by atoms with Gasteiger partial charge < -0.3 is 5.32 Å². The van der Waals surface area contributed by atoms with Crippen LogP contribution < -0.4 is 5.32 Å². The summed E-state index contributed by atoms with van der Waals surface area (Å²) in [5.74, 6) is 2.02. The van der Waals surface area contributed by atoms with Crippen LogP contribution in [0.3, 0.4) is 0 Å². The third-order valence-electron chi connectivity index (χ3n) is 2.08. The molecule has 0 bridgehead atoms. The smallest absolute Gasteiger partial charge is 0.0229 e. The zero-order valence-electron chi connectivity index (χ0n) is 9.03. The van der Waals surface area contributed by atoms with Gasteiger partial charge in [0.15, 0.2) is 0 Å². The average molecular weight is 224 g/mol. The second-order valence-electron chi connectivity index (χ2n) is 4.13. The Morgan fingerprint density at radius 3 is 2.62 bits per heavy atom. The second-order valence-corrected chi connectivity index (χ2v) is 5.49. The third-order valence-corrected chi connectivity index (χ3v) is 2.96. The molecular formula is C10H22ClNS. The van der Waals surface area contributed by atoms with Crippen molar-refractivity contribution in [1.29, 1.82) is 0 Å². The Hall–Kier alpha value is 0.600. The molecule has 0 radical (unpaired) electrons. The topological polar surface area (TPSA) is 12.0 Å². The van der Waals surface area contributed by atoms with Crippen molar-refractivity contribution in [2.24, 2.45) is 5.41 Å². The molecule has 0 amide bonds. The van der Waals surface area contributed by atoms with E-state index in [1.54, 1.807) is 0 Å². The van der Waals surface area contributed by atoms with Gasteiger partial charge in [-0.2, -0.15) is 11.8 Å². The molecule has 0 spiro atoms. The minimum Gasteiger partial charge on any atom is -0.316 e. The Kier molecular flexibility index (Phi) is 8.32. The van der Waals surface area contributed by atoms with E-state index >= 15 is 0 Å². The van der Waals surface area contributed by atoms with Gasteiger partial charge in [-0.05, 0) is 36.8 Å². The number of halogens is 1. The Bertz CT molecular complexity index is 117. The van der Waals surface area contributed by atoms with E-state index in [9.17, 15) is 0 Å². The molecule has 80 valence electrons. The van der Waals surface area contributed by atoms with Crippen molar-refractivity contribution in [1.82, 2.24) is 5.32 Å². The van der Waals surface area contributed by atoms with Crippen LogP contribution in [0, 0.1) is 5.41 Å². The molecule has 0 rings (SSSR count). The zero-order chi connectivity index (χ0) is 10.2. The first-order chi connectivity index (χ1) is 6.12. The molecule has 0 fully saturated rings. The molecule has 0 heterocycles. The van der Waals surface area contributed by atoms with Gasteiger partial charge in [-0.25, -0.2) is 0 Å². The van der Waals surface area contributed by atoms with Crippen LogP contribution in [-0.4, -0.2) is 31.0 Å². The fourth-order valence-corrected chi connectivity index (χ4v) is 2.06. The molecule has 0 saturated carbocycles. The van der Waals surface area contributed by atoms with Gasteiger partial charge in [0, 0.05) is 12.4 Å². The molecule has 0 aliphatic rings. The summed E-state index contributed by atoms with van der Waals surface area (Å²) in [6.07, 6.45) is 4.50. The fourth-order valence-electron chi connectivity index (χ4n) is 1.11. The highest BCUT2D eigenvalue weighted by Gasteiger charge is 2.15. The van der Waals surface area contributed by atoms with E-state index in [0.29, 0.717) is 5.41 Å². The largest absolute Gasteiger partial charge is 0.316 e. The van der Waals surface area contributed by atoms with Crippen molar-refractivity contribution in [2.45, 2.75) is 26.7 Å². The number of alkyl halides is 1. The van der Waals surface area contributed by atoms with Gasteiger partial charge in [-0.1, -0.05) is 13.8 Å². The van der Waals surface area contributed by atoms with E-state index in [1.807, 2.05) is 11.8 Å². The molecular weight excluding hydrogens is 202 g/mol. The molecule has 13 heavy (non-hydrogen) atoms. The molecule has 3 heteroatoms. The maximum Gasteiger partial charge on any atom is 0.0229 e. The highest BCUT2D eigenvalue weighted by Crippen LogP contribution is 2.19. The van der Waals surface area contributed by atoms with Gasteiger partial charge in [0.05, 0.1) is 0 Å². The normalized spacial score (nSPS) is 12.0. The number of nitrogens with one attached hydrogen (secondary N) is 1. The third kappa shape index (κ3) is 8.92. The first-order valence-corrected chi connectivity index (χ1v) is 6.81. The molecule has 0 aliphatic carbocycles. The first kappa shape index (κ1) is 13.6. The van der Waals surface area contributed by atoms with Gasteiger partial charge in [-0.15, -0.1) is 11.6 Å². The molecule has 1 N–H and O–H groups in total. The number of thioether (sulfide) groups is 1. The van der Waals surface area contributed by atoms with E-state index < -0.39 is 0 Å². The summed E-state index contributed by atoms with van der Waals surface area (Å²) in [5, 5.41) is 3.47. The Labute approximate surface area is 92.0 Å². The molecule has 0 aromatic carbocycles. The van der Waals surface area contributed by atoms with Crippen molar-refractivity contribution >= 4 is 23.4 Å². The van der Waals surface area contributed by atoms with E-state index in [0.717, 1.165) is 25.4 Å². The summed E-state index contributed by atoms with van der Waals surface area (Å²) in [6.45, 7) is 6.73. The van der Waals surface area contributed by atoms with Crippen LogP contribution in [-0.2, 0) is 0 Å². The maximum atomic E-state index is 5.72. The summed E-state index contributed by atoms with van der Waals surface area (Å²) in [5.41, 5.74) is 0.348. The second kappa shape index (κ2) is 7.95. The minimum atomic E-state index is 0.348. The fraction of sp³-hybridized carbons (Fsp3) is 1.00. The lowest BCUT2D eigenvalue weighted by Gasteiger charge is -2.23. The monoisotopic (exact) mass is 223 g/mol. The SMILES string of the molecule is CSCCCNCC(C)(C)CCCl. The quantitative estimate of drug-likeness (QED) is 0.502. The van der Waals surface area contributed by atoms with E-state index in [4.69, 9.17) is 11.6 Å². The summed E-state index contributed by atoms with van der Waals surface area (Å²) in [7, 11) is 0. The number of hydrogen-bond donors (Lipinski definition) is 1. The lowest BCUT2D eigenvalue weighted by molar-refractivity contribution is 0.331. The molecule has 1 nitrogen and oxygen atoms in total. The maximum absolute atomic E-state index is 5.72. The van der Waals surface area contributed by atoms with Crippen molar-refractivity contribution < 1.29 is 0 Å². The highest BCUT2D eigenvalue weighted by molar-refractivity contribution is 7.98. The van der Waals surface area contributed by atoms with Crippen LogP contribution in [0.25, 0.3) is 0 Å². The van der Waals surface area contributed by atoms with Crippen LogP contribution >= 0.6 is 23.4 Å². The summed E-state index contributed by atoms with van der Waals surface area (Å²) in [6, 6.07) is 0. The highest BCUT2D eigenvalue weighted by atomic mass is 35.5. The van der Waals surface area contributed by atoms with Crippen molar-refractivity contribution in [2.75, 3.05) is 31.0 Å². The molecule has 0 saturated heterocycles. The summed E-state index contributed by atoms with van der Waals surface area (Å²) >= 11 is 7.63. The predicted octanol–water partition coefficient (Wildman–Crippen LogP) is 2.98. The number of hydrogen-bond acceptors (Lipinski definition) is 2. The molecule has 0 atom stereocenters. The molecule has 0 aromatic heterocycles. The Morgan fingerprint density at radius 2 is 2.08 bits per heavy atom.